The third kappa shape index (κ3) is 1.86. The van der Waals surface area contributed by atoms with Crippen LogP contribution in [0.3, 0.4) is 0 Å². The minimum Gasteiger partial charge on any atom is -0.492 e. The molecular formula is C10H12BrNO. The molecule has 1 atom stereocenters. The number of hydrogen-bond donors (Lipinski definition) is 1. The van der Waals surface area contributed by atoms with Gasteiger partial charge in [0.25, 0.3) is 0 Å². The van der Waals surface area contributed by atoms with Crippen LogP contribution in [0.1, 0.15) is 5.56 Å². The van der Waals surface area contributed by atoms with E-state index >= 15 is 0 Å². The Bertz CT molecular complexity index is 314. The van der Waals surface area contributed by atoms with Crippen molar-refractivity contribution < 1.29 is 4.74 Å². The van der Waals surface area contributed by atoms with Crippen molar-refractivity contribution in [2.45, 2.75) is 12.5 Å². The lowest BCUT2D eigenvalue weighted by Gasteiger charge is -2.24. The minimum absolute atomic E-state index is 0.446. The lowest BCUT2D eigenvalue weighted by Crippen LogP contribution is -2.36. The number of rotatable bonds is 1. The lowest BCUT2D eigenvalue weighted by molar-refractivity contribution is 0.245. The Labute approximate surface area is 86.4 Å². The molecule has 1 aliphatic heterocycles. The van der Waals surface area contributed by atoms with Crippen LogP contribution in [0.15, 0.2) is 22.7 Å². The van der Waals surface area contributed by atoms with E-state index in [1.807, 2.05) is 19.2 Å². The summed E-state index contributed by atoms with van der Waals surface area (Å²) < 4.78 is 6.72. The fourth-order valence-electron chi connectivity index (χ4n) is 1.55. The lowest BCUT2D eigenvalue weighted by atomic mass is 10.0. The first-order chi connectivity index (χ1) is 6.29. The molecule has 1 aliphatic rings. The fourth-order valence-corrected chi connectivity index (χ4v) is 1.96. The topological polar surface area (TPSA) is 21.3 Å². The Hall–Kier alpha value is -0.540. The van der Waals surface area contributed by atoms with Crippen molar-refractivity contribution in [2.24, 2.45) is 0 Å². The maximum absolute atomic E-state index is 5.60. The minimum atomic E-state index is 0.446. The molecule has 2 rings (SSSR count). The quantitative estimate of drug-likeness (QED) is 0.812. The number of halogens is 1. The third-order valence-electron chi connectivity index (χ3n) is 2.34. The summed E-state index contributed by atoms with van der Waals surface area (Å²) in [5, 5.41) is 3.22. The Kier molecular flexibility index (Phi) is 2.56. The molecule has 3 heteroatoms. The first-order valence-electron chi connectivity index (χ1n) is 4.38. The summed E-state index contributed by atoms with van der Waals surface area (Å²) in [5.41, 5.74) is 1.28. The van der Waals surface area contributed by atoms with Gasteiger partial charge >= 0.3 is 0 Å². The summed E-state index contributed by atoms with van der Waals surface area (Å²) in [6.45, 7) is 0.769. The van der Waals surface area contributed by atoms with Crippen molar-refractivity contribution in [1.82, 2.24) is 5.32 Å². The molecule has 70 valence electrons. The van der Waals surface area contributed by atoms with Crippen LogP contribution in [0, 0.1) is 0 Å². The van der Waals surface area contributed by atoms with E-state index in [4.69, 9.17) is 4.74 Å². The van der Waals surface area contributed by atoms with Gasteiger partial charge in [-0.05, 0) is 37.2 Å². The summed E-state index contributed by atoms with van der Waals surface area (Å²) in [4.78, 5) is 0. The zero-order chi connectivity index (χ0) is 9.26. The molecule has 1 aromatic carbocycles. The molecule has 2 nitrogen and oxygen atoms in total. The van der Waals surface area contributed by atoms with Crippen molar-refractivity contribution in [3.05, 3.63) is 28.2 Å². The molecule has 0 spiro atoms. The van der Waals surface area contributed by atoms with Crippen molar-refractivity contribution in [2.75, 3.05) is 13.7 Å². The SMILES string of the molecule is CN[C@@H]1COc2ccc(Br)cc2C1. The molecule has 1 heterocycles. The molecule has 0 amide bonds. The third-order valence-corrected chi connectivity index (χ3v) is 2.83. The van der Waals surface area contributed by atoms with Gasteiger partial charge in [0.15, 0.2) is 0 Å². The van der Waals surface area contributed by atoms with Crippen molar-refractivity contribution >= 4 is 15.9 Å². The van der Waals surface area contributed by atoms with Crippen LogP contribution in [-0.2, 0) is 6.42 Å². The highest BCUT2D eigenvalue weighted by atomic mass is 79.9. The van der Waals surface area contributed by atoms with Crippen molar-refractivity contribution in [3.63, 3.8) is 0 Å². The average molecular weight is 242 g/mol. The van der Waals surface area contributed by atoms with Crippen LogP contribution in [-0.4, -0.2) is 19.7 Å². The highest BCUT2D eigenvalue weighted by Gasteiger charge is 2.17. The summed E-state index contributed by atoms with van der Waals surface area (Å²) in [7, 11) is 1.97. The zero-order valence-electron chi connectivity index (χ0n) is 7.51. The Morgan fingerprint density at radius 3 is 3.15 bits per heavy atom. The second-order valence-corrected chi connectivity index (χ2v) is 4.17. The summed E-state index contributed by atoms with van der Waals surface area (Å²) in [6.07, 6.45) is 1.05. The normalized spacial score (nSPS) is 20.6. The predicted molar refractivity (Wildman–Crippen MR) is 56.2 cm³/mol. The largest absolute Gasteiger partial charge is 0.492 e. The first kappa shape index (κ1) is 9.03. The van der Waals surface area contributed by atoms with Crippen LogP contribution in [0.2, 0.25) is 0 Å². The van der Waals surface area contributed by atoms with Crippen LogP contribution in [0.25, 0.3) is 0 Å². The van der Waals surface area contributed by atoms with Gasteiger partial charge in [-0.15, -0.1) is 0 Å². The summed E-state index contributed by atoms with van der Waals surface area (Å²) in [5.74, 6) is 1.02. The highest BCUT2D eigenvalue weighted by Crippen LogP contribution is 2.27. The molecule has 0 unspecified atom stereocenters. The number of benzene rings is 1. The smallest absolute Gasteiger partial charge is 0.122 e. The van der Waals surface area contributed by atoms with Gasteiger partial charge < -0.3 is 10.1 Å². The van der Waals surface area contributed by atoms with Gasteiger partial charge in [0.05, 0.1) is 0 Å². The van der Waals surface area contributed by atoms with E-state index in [1.54, 1.807) is 0 Å². The molecule has 0 radical (unpaired) electrons. The molecular weight excluding hydrogens is 230 g/mol. The number of hydrogen-bond acceptors (Lipinski definition) is 2. The first-order valence-corrected chi connectivity index (χ1v) is 5.17. The molecule has 0 saturated heterocycles. The average Bonchev–Trinajstić information content (AvgIpc) is 2.16. The number of fused-ring (bicyclic) bond motifs is 1. The second-order valence-electron chi connectivity index (χ2n) is 3.25. The van der Waals surface area contributed by atoms with E-state index in [0.717, 1.165) is 23.2 Å². The monoisotopic (exact) mass is 241 g/mol. The molecule has 0 fully saturated rings. The maximum atomic E-state index is 5.60. The van der Waals surface area contributed by atoms with Crippen LogP contribution in [0.4, 0.5) is 0 Å². The molecule has 0 bridgehead atoms. The van der Waals surface area contributed by atoms with Gasteiger partial charge in [-0.1, -0.05) is 15.9 Å². The van der Waals surface area contributed by atoms with E-state index in [-0.39, 0.29) is 0 Å². The van der Waals surface area contributed by atoms with E-state index in [1.165, 1.54) is 5.56 Å². The van der Waals surface area contributed by atoms with E-state index in [0.29, 0.717) is 6.04 Å². The summed E-state index contributed by atoms with van der Waals surface area (Å²) >= 11 is 3.46. The van der Waals surface area contributed by atoms with Gasteiger partial charge in [0.2, 0.25) is 0 Å². The molecule has 1 aromatic rings. The molecule has 1 N–H and O–H groups in total. The van der Waals surface area contributed by atoms with E-state index in [9.17, 15) is 0 Å². The maximum Gasteiger partial charge on any atom is 0.122 e. The number of likely N-dealkylation sites (N-methyl/N-ethyl adjacent to an activating group) is 1. The highest BCUT2D eigenvalue weighted by molar-refractivity contribution is 9.10. The van der Waals surface area contributed by atoms with Crippen LogP contribution < -0.4 is 10.1 Å². The van der Waals surface area contributed by atoms with Crippen molar-refractivity contribution in [1.29, 1.82) is 0 Å². The van der Waals surface area contributed by atoms with Gasteiger partial charge in [-0.2, -0.15) is 0 Å². The second kappa shape index (κ2) is 3.68. The van der Waals surface area contributed by atoms with E-state index < -0.39 is 0 Å². The summed E-state index contributed by atoms with van der Waals surface area (Å²) in [6, 6.07) is 6.60. The number of ether oxygens (including phenoxy) is 1. The van der Waals surface area contributed by atoms with Gasteiger partial charge in [-0.3, -0.25) is 0 Å². The van der Waals surface area contributed by atoms with Crippen LogP contribution >= 0.6 is 15.9 Å². The molecule has 0 aliphatic carbocycles. The predicted octanol–water partition coefficient (Wildman–Crippen LogP) is 1.97. The van der Waals surface area contributed by atoms with Gasteiger partial charge in [-0.25, -0.2) is 0 Å². The fraction of sp³-hybridized carbons (Fsp3) is 0.400. The molecule has 0 aromatic heterocycles. The number of nitrogens with one attached hydrogen (secondary N) is 1. The standard InChI is InChI=1S/C10H12BrNO/c1-12-9-5-7-4-8(11)2-3-10(7)13-6-9/h2-4,9,12H,5-6H2,1H3/t9-/m0/s1. The molecule has 13 heavy (non-hydrogen) atoms. The van der Waals surface area contributed by atoms with Gasteiger partial charge in [0.1, 0.15) is 12.4 Å². The van der Waals surface area contributed by atoms with E-state index in [2.05, 4.69) is 27.3 Å². The van der Waals surface area contributed by atoms with Crippen molar-refractivity contribution in [3.8, 4) is 5.75 Å². The zero-order valence-corrected chi connectivity index (χ0v) is 9.10. The Morgan fingerprint density at radius 1 is 1.54 bits per heavy atom. The van der Waals surface area contributed by atoms with Crippen LogP contribution in [0.5, 0.6) is 5.75 Å². The van der Waals surface area contributed by atoms with Gasteiger partial charge in [0, 0.05) is 10.5 Å². The Morgan fingerprint density at radius 2 is 2.38 bits per heavy atom. The molecule has 0 saturated carbocycles. The Balaban J connectivity index is 2.27.